The number of phenolic OH excluding ortho intramolecular Hbond substituents is 1. The lowest BCUT2D eigenvalue weighted by molar-refractivity contribution is -0.132. The van der Waals surface area contributed by atoms with Crippen molar-refractivity contribution in [2.45, 2.75) is 18.9 Å². The van der Waals surface area contributed by atoms with E-state index in [4.69, 9.17) is 0 Å². The molecule has 2 heterocycles. The summed E-state index contributed by atoms with van der Waals surface area (Å²) in [5.41, 5.74) is -0.335. The first-order chi connectivity index (χ1) is 12.7. The Hall–Kier alpha value is -2.55. The molecule has 1 atom stereocenters. The number of rotatable bonds is 3. The van der Waals surface area contributed by atoms with Gasteiger partial charge in [0.05, 0.1) is 4.88 Å². The smallest absolute Gasteiger partial charge is 0.264 e. The van der Waals surface area contributed by atoms with Gasteiger partial charge >= 0.3 is 0 Å². The first-order valence-electron chi connectivity index (χ1n) is 8.21. The largest absolute Gasteiger partial charge is 0.503 e. The fourth-order valence-electron chi connectivity index (χ4n) is 3.07. The van der Waals surface area contributed by atoms with Crippen LogP contribution >= 0.6 is 11.3 Å². The molecule has 0 bridgehead atoms. The molecule has 1 aliphatic heterocycles. The van der Waals surface area contributed by atoms with Gasteiger partial charge in [-0.05, 0) is 31.0 Å². The lowest BCUT2D eigenvalue weighted by Crippen LogP contribution is -2.45. The van der Waals surface area contributed by atoms with Gasteiger partial charge in [0.1, 0.15) is 6.04 Å². The Morgan fingerprint density at radius 2 is 1.93 bits per heavy atom. The van der Waals surface area contributed by atoms with Crippen molar-refractivity contribution in [1.82, 2.24) is 9.80 Å². The number of aromatic hydroxyl groups is 1. The predicted octanol–water partition coefficient (Wildman–Crippen LogP) is 3.23. The lowest BCUT2D eigenvalue weighted by Gasteiger charge is -2.25. The van der Waals surface area contributed by atoms with Gasteiger partial charge in [-0.1, -0.05) is 0 Å². The molecular weight excluding hydrogens is 381 g/mol. The zero-order valence-electron chi connectivity index (χ0n) is 14.6. The van der Waals surface area contributed by atoms with E-state index in [9.17, 15) is 27.9 Å². The molecule has 1 saturated heterocycles. The number of likely N-dealkylation sites (tertiary alicyclic amines) is 1. The highest BCUT2D eigenvalue weighted by Gasteiger charge is 2.36. The highest BCUT2D eigenvalue weighted by atomic mass is 32.1. The molecule has 0 spiro atoms. The van der Waals surface area contributed by atoms with Crippen LogP contribution in [0.15, 0.2) is 18.2 Å². The molecule has 0 radical (unpaired) electrons. The average molecular weight is 398 g/mol. The van der Waals surface area contributed by atoms with Crippen molar-refractivity contribution < 1.29 is 27.9 Å². The maximum atomic E-state index is 14.1. The van der Waals surface area contributed by atoms with E-state index in [-0.39, 0.29) is 27.1 Å². The summed E-state index contributed by atoms with van der Waals surface area (Å²) in [5, 5.41) is 9.36. The molecule has 1 unspecified atom stereocenters. The summed E-state index contributed by atoms with van der Waals surface area (Å²) in [6.45, 7) is 0.427. The first-order valence-corrected chi connectivity index (χ1v) is 9.02. The summed E-state index contributed by atoms with van der Waals surface area (Å²) in [7, 11) is 3.23. The minimum absolute atomic E-state index is 0.166. The normalized spacial score (nSPS) is 16.6. The molecule has 9 heteroatoms. The summed E-state index contributed by atoms with van der Waals surface area (Å²) in [6.07, 6.45) is 1.26. The van der Waals surface area contributed by atoms with Crippen LogP contribution in [0.4, 0.5) is 13.2 Å². The predicted molar refractivity (Wildman–Crippen MR) is 94.0 cm³/mol. The molecule has 1 aromatic carbocycles. The molecular formula is C18H17F3N2O3S. The fraction of sp³-hybridized carbons (Fsp3) is 0.333. The van der Waals surface area contributed by atoms with Crippen molar-refractivity contribution in [3.05, 3.63) is 40.5 Å². The van der Waals surface area contributed by atoms with Gasteiger partial charge in [-0.2, -0.15) is 4.39 Å². The van der Waals surface area contributed by atoms with Crippen LogP contribution in [0, 0.1) is 17.5 Å². The Morgan fingerprint density at radius 1 is 1.22 bits per heavy atom. The topological polar surface area (TPSA) is 60.9 Å². The van der Waals surface area contributed by atoms with E-state index in [2.05, 4.69) is 0 Å². The van der Waals surface area contributed by atoms with Crippen LogP contribution in [-0.4, -0.2) is 53.4 Å². The fourth-order valence-corrected chi connectivity index (χ4v) is 4.05. The zero-order valence-corrected chi connectivity index (χ0v) is 15.4. The molecule has 1 aliphatic rings. The second-order valence-corrected chi connectivity index (χ2v) is 7.52. The van der Waals surface area contributed by atoms with Crippen molar-refractivity contribution in [2.24, 2.45) is 0 Å². The zero-order chi connectivity index (χ0) is 19.9. The van der Waals surface area contributed by atoms with Crippen LogP contribution in [0.25, 0.3) is 10.4 Å². The number of phenols is 1. The van der Waals surface area contributed by atoms with Gasteiger partial charge < -0.3 is 14.9 Å². The standard InChI is InChI=1S/C18H17F3N2O3S/c1-22(2)17(25)11-4-3-7-23(11)18(26)13-6-5-12(27-13)9-8-10(19)15(21)16(24)14(9)20/h5-6,8,11,24H,3-4,7H2,1-2H3. The van der Waals surface area contributed by atoms with E-state index >= 15 is 0 Å². The van der Waals surface area contributed by atoms with Gasteiger partial charge in [-0.3, -0.25) is 9.59 Å². The van der Waals surface area contributed by atoms with E-state index < -0.39 is 29.2 Å². The van der Waals surface area contributed by atoms with Gasteiger partial charge in [-0.15, -0.1) is 11.3 Å². The Kier molecular flexibility index (Phi) is 5.14. The molecule has 2 aromatic rings. The summed E-state index contributed by atoms with van der Waals surface area (Å²) in [6, 6.07) is 2.92. The number of nitrogens with zero attached hydrogens (tertiary/aromatic N) is 2. The quantitative estimate of drug-likeness (QED) is 0.808. The number of hydrogen-bond donors (Lipinski definition) is 1. The van der Waals surface area contributed by atoms with E-state index in [1.54, 1.807) is 14.1 Å². The van der Waals surface area contributed by atoms with Crippen molar-refractivity contribution in [3.63, 3.8) is 0 Å². The third-order valence-electron chi connectivity index (χ3n) is 4.45. The summed E-state index contributed by atoms with van der Waals surface area (Å²) in [4.78, 5) is 28.3. The second kappa shape index (κ2) is 7.22. The number of hydrogen-bond acceptors (Lipinski definition) is 4. The lowest BCUT2D eigenvalue weighted by atomic mass is 10.1. The van der Waals surface area contributed by atoms with Crippen LogP contribution in [0.2, 0.25) is 0 Å². The molecule has 5 nitrogen and oxygen atoms in total. The molecule has 2 amide bonds. The van der Waals surface area contributed by atoms with Crippen LogP contribution in [0.5, 0.6) is 5.75 Å². The Bertz CT molecular complexity index is 913. The number of benzene rings is 1. The number of likely N-dealkylation sites (N-methyl/N-ethyl adjacent to an activating group) is 1. The van der Waals surface area contributed by atoms with Crippen molar-refractivity contribution in [3.8, 4) is 16.2 Å². The number of carbonyl (C=O) groups excluding carboxylic acids is 2. The van der Waals surface area contributed by atoms with E-state index in [0.717, 1.165) is 11.3 Å². The SMILES string of the molecule is CN(C)C(=O)C1CCCN1C(=O)c1ccc(-c2cc(F)c(F)c(O)c2F)s1. The Balaban J connectivity index is 1.90. The molecule has 1 N–H and O–H groups in total. The highest BCUT2D eigenvalue weighted by molar-refractivity contribution is 7.17. The minimum Gasteiger partial charge on any atom is -0.503 e. The third-order valence-corrected chi connectivity index (χ3v) is 5.56. The van der Waals surface area contributed by atoms with Crippen LogP contribution < -0.4 is 0 Å². The molecule has 144 valence electrons. The van der Waals surface area contributed by atoms with Crippen LogP contribution in [0.1, 0.15) is 22.5 Å². The maximum absolute atomic E-state index is 14.1. The molecule has 27 heavy (non-hydrogen) atoms. The minimum atomic E-state index is -1.66. The van der Waals surface area contributed by atoms with Gasteiger partial charge in [0.15, 0.2) is 17.4 Å². The number of halogens is 3. The summed E-state index contributed by atoms with van der Waals surface area (Å²) in [5.74, 6) is -6.29. The van der Waals surface area contributed by atoms with Gasteiger partial charge in [0.2, 0.25) is 11.7 Å². The molecule has 0 saturated carbocycles. The molecule has 0 aliphatic carbocycles. The number of amides is 2. The van der Waals surface area contributed by atoms with Gasteiger partial charge in [0.25, 0.3) is 5.91 Å². The Labute approximate surface area is 157 Å². The van der Waals surface area contributed by atoms with E-state index in [0.29, 0.717) is 25.5 Å². The monoisotopic (exact) mass is 398 g/mol. The second-order valence-electron chi connectivity index (χ2n) is 6.44. The average Bonchev–Trinajstić information content (AvgIpc) is 3.31. The summed E-state index contributed by atoms with van der Waals surface area (Å²) < 4.78 is 40.9. The van der Waals surface area contributed by atoms with Crippen molar-refractivity contribution >= 4 is 23.2 Å². The van der Waals surface area contributed by atoms with Crippen molar-refractivity contribution in [2.75, 3.05) is 20.6 Å². The van der Waals surface area contributed by atoms with Gasteiger partial charge in [-0.25, -0.2) is 8.78 Å². The highest BCUT2D eigenvalue weighted by Crippen LogP contribution is 2.37. The van der Waals surface area contributed by atoms with Crippen LogP contribution in [-0.2, 0) is 4.79 Å². The number of carbonyl (C=O) groups is 2. The number of thiophene rings is 1. The third kappa shape index (κ3) is 3.39. The first kappa shape index (κ1) is 19.2. The van der Waals surface area contributed by atoms with Crippen molar-refractivity contribution in [1.29, 1.82) is 0 Å². The van der Waals surface area contributed by atoms with E-state index in [1.165, 1.54) is 21.9 Å². The Morgan fingerprint density at radius 3 is 2.59 bits per heavy atom. The molecule has 1 fully saturated rings. The maximum Gasteiger partial charge on any atom is 0.264 e. The molecule has 1 aromatic heterocycles. The van der Waals surface area contributed by atoms with Gasteiger partial charge in [0, 0.05) is 31.1 Å². The summed E-state index contributed by atoms with van der Waals surface area (Å²) >= 11 is 0.884. The van der Waals surface area contributed by atoms with E-state index in [1.807, 2.05) is 0 Å². The van der Waals surface area contributed by atoms with Crippen LogP contribution in [0.3, 0.4) is 0 Å². The molecule has 3 rings (SSSR count).